The molecule has 0 aliphatic rings. The van der Waals surface area contributed by atoms with Crippen molar-refractivity contribution in [1.82, 2.24) is 5.43 Å². The van der Waals surface area contributed by atoms with Crippen LogP contribution in [-0.2, 0) is 0 Å². The number of nitrogens with two attached hydrogens (primary N) is 1. The fourth-order valence-electron chi connectivity index (χ4n) is 2.50. The zero-order valence-corrected chi connectivity index (χ0v) is 12.1. The molecule has 0 amide bonds. The van der Waals surface area contributed by atoms with Crippen LogP contribution in [0.25, 0.3) is 0 Å². The van der Waals surface area contributed by atoms with Crippen LogP contribution in [0.5, 0.6) is 0 Å². The molecule has 19 heavy (non-hydrogen) atoms. The zero-order valence-electron chi connectivity index (χ0n) is 11.3. The normalized spacial score (nSPS) is 13.0. The second-order valence-corrected chi connectivity index (χ2v) is 5.15. The third-order valence-electron chi connectivity index (χ3n) is 3.36. The van der Waals surface area contributed by atoms with Gasteiger partial charge in [-0.3, -0.25) is 11.3 Å². The third kappa shape index (κ3) is 3.88. The van der Waals surface area contributed by atoms with Crippen molar-refractivity contribution < 1.29 is 8.78 Å². The Balaban J connectivity index is 3.17. The molecule has 3 N–H and O–H groups in total. The Bertz CT molecular complexity index is 407. The van der Waals surface area contributed by atoms with Crippen molar-refractivity contribution in [3.63, 3.8) is 0 Å². The summed E-state index contributed by atoms with van der Waals surface area (Å²) in [7, 11) is 0. The molecule has 1 rings (SSSR count). The fraction of sp³-hybridized carbons (Fsp3) is 0.571. The van der Waals surface area contributed by atoms with Crippen LogP contribution in [0.1, 0.15) is 51.1 Å². The molecule has 1 aromatic rings. The number of hydrogen-bond acceptors (Lipinski definition) is 2. The van der Waals surface area contributed by atoms with Crippen LogP contribution in [0.3, 0.4) is 0 Å². The maximum absolute atomic E-state index is 14.0. The minimum absolute atomic E-state index is 0.133. The van der Waals surface area contributed by atoms with Crippen molar-refractivity contribution in [3.05, 3.63) is 34.4 Å². The monoisotopic (exact) mass is 290 g/mol. The van der Waals surface area contributed by atoms with Crippen molar-refractivity contribution >= 4 is 11.6 Å². The molecule has 2 nitrogen and oxygen atoms in total. The fourth-order valence-corrected chi connectivity index (χ4v) is 2.77. The molecule has 108 valence electrons. The van der Waals surface area contributed by atoms with E-state index in [9.17, 15) is 8.78 Å². The summed E-state index contributed by atoms with van der Waals surface area (Å²) < 4.78 is 27.4. The summed E-state index contributed by atoms with van der Waals surface area (Å²) in [6, 6.07) is 1.93. The highest BCUT2D eigenvalue weighted by atomic mass is 35.5. The average molecular weight is 291 g/mol. The first kappa shape index (κ1) is 16.3. The molecule has 0 heterocycles. The SMILES string of the molecule is CCCC(CCC)C(NN)c1c(Cl)ccc(F)c1F. The lowest BCUT2D eigenvalue weighted by Crippen LogP contribution is -2.34. The number of benzene rings is 1. The maximum atomic E-state index is 14.0. The second-order valence-electron chi connectivity index (χ2n) is 4.74. The van der Waals surface area contributed by atoms with Crippen molar-refractivity contribution in [3.8, 4) is 0 Å². The van der Waals surface area contributed by atoms with E-state index in [2.05, 4.69) is 19.3 Å². The van der Waals surface area contributed by atoms with Crippen LogP contribution < -0.4 is 11.3 Å². The first-order valence-electron chi connectivity index (χ1n) is 6.66. The Morgan fingerprint density at radius 3 is 2.26 bits per heavy atom. The summed E-state index contributed by atoms with van der Waals surface area (Å²) in [5.74, 6) is 3.88. The Labute approximate surface area is 118 Å². The number of halogens is 3. The lowest BCUT2D eigenvalue weighted by Gasteiger charge is -2.27. The molecule has 0 aliphatic heterocycles. The number of hydrogen-bond donors (Lipinski definition) is 2. The number of rotatable bonds is 7. The minimum Gasteiger partial charge on any atom is -0.271 e. The molecule has 0 saturated heterocycles. The van der Waals surface area contributed by atoms with Gasteiger partial charge in [-0.25, -0.2) is 8.78 Å². The summed E-state index contributed by atoms with van der Waals surface area (Å²) >= 11 is 6.02. The number of hydrazine groups is 1. The highest BCUT2D eigenvalue weighted by Crippen LogP contribution is 2.35. The van der Waals surface area contributed by atoms with Crippen molar-refractivity contribution in [2.24, 2.45) is 11.8 Å². The van der Waals surface area contributed by atoms with E-state index in [-0.39, 0.29) is 16.5 Å². The van der Waals surface area contributed by atoms with Crippen LogP contribution in [0, 0.1) is 17.6 Å². The predicted octanol–water partition coefficient (Wildman–Crippen LogP) is 4.34. The van der Waals surface area contributed by atoms with Gasteiger partial charge < -0.3 is 0 Å². The minimum atomic E-state index is -0.910. The summed E-state index contributed by atoms with van der Waals surface area (Å²) in [6.45, 7) is 4.11. The van der Waals surface area contributed by atoms with Gasteiger partial charge in [0.15, 0.2) is 11.6 Å². The summed E-state index contributed by atoms with van der Waals surface area (Å²) in [5.41, 5.74) is 2.74. The van der Waals surface area contributed by atoms with Gasteiger partial charge in [-0.15, -0.1) is 0 Å². The third-order valence-corrected chi connectivity index (χ3v) is 3.69. The molecule has 0 radical (unpaired) electrons. The second kappa shape index (κ2) is 7.78. The van der Waals surface area contributed by atoms with Crippen molar-refractivity contribution in [2.75, 3.05) is 0 Å². The van der Waals surface area contributed by atoms with Crippen LogP contribution >= 0.6 is 11.6 Å². The van der Waals surface area contributed by atoms with E-state index >= 15 is 0 Å². The standard InChI is InChI=1S/C14H21ClF2N2/c1-3-5-9(6-4-2)14(19-18)12-10(15)7-8-11(16)13(12)17/h7-9,14,19H,3-6,18H2,1-2H3. The van der Waals surface area contributed by atoms with Crippen molar-refractivity contribution in [2.45, 2.75) is 45.6 Å². The predicted molar refractivity (Wildman–Crippen MR) is 74.7 cm³/mol. The van der Waals surface area contributed by atoms with Crippen molar-refractivity contribution in [1.29, 1.82) is 0 Å². The lowest BCUT2D eigenvalue weighted by atomic mass is 9.86. The van der Waals surface area contributed by atoms with Crippen LogP contribution in [0.15, 0.2) is 12.1 Å². The highest BCUT2D eigenvalue weighted by molar-refractivity contribution is 6.31. The molecule has 0 aromatic heterocycles. The smallest absolute Gasteiger partial charge is 0.165 e. The highest BCUT2D eigenvalue weighted by Gasteiger charge is 2.27. The van der Waals surface area contributed by atoms with Gasteiger partial charge in [0.2, 0.25) is 0 Å². The molecule has 0 bridgehead atoms. The van der Waals surface area contributed by atoms with Crippen LogP contribution in [0.4, 0.5) is 8.78 Å². The molecule has 1 unspecified atom stereocenters. The first-order valence-corrected chi connectivity index (χ1v) is 7.04. The zero-order chi connectivity index (χ0) is 14.4. The van der Waals surface area contributed by atoms with Gasteiger partial charge in [-0.2, -0.15) is 0 Å². The summed E-state index contributed by atoms with van der Waals surface area (Å²) in [4.78, 5) is 0. The summed E-state index contributed by atoms with van der Waals surface area (Å²) in [5, 5.41) is 0.207. The Hall–Kier alpha value is -0.710. The van der Waals surface area contributed by atoms with Gasteiger partial charge in [-0.1, -0.05) is 38.3 Å². The van der Waals surface area contributed by atoms with E-state index in [0.717, 1.165) is 31.7 Å². The molecular formula is C14H21ClF2N2. The van der Waals surface area contributed by atoms with E-state index in [1.165, 1.54) is 6.07 Å². The molecule has 0 aliphatic carbocycles. The van der Waals surface area contributed by atoms with E-state index in [4.69, 9.17) is 17.4 Å². The number of nitrogens with one attached hydrogen (secondary N) is 1. The molecule has 1 aromatic carbocycles. The molecule has 0 saturated carbocycles. The first-order chi connectivity index (χ1) is 9.06. The van der Waals surface area contributed by atoms with Crippen LogP contribution in [-0.4, -0.2) is 0 Å². The molecular weight excluding hydrogens is 270 g/mol. The van der Waals surface area contributed by atoms with Gasteiger partial charge in [-0.05, 0) is 30.9 Å². The summed E-state index contributed by atoms with van der Waals surface area (Å²) in [6.07, 6.45) is 3.68. The van der Waals surface area contributed by atoms with Gasteiger partial charge in [0.05, 0.1) is 6.04 Å². The lowest BCUT2D eigenvalue weighted by molar-refractivity contribution is 0.309. The quantitative estimate of drug-likeness (QED) is 0.445. The van der Waals surface area contributed by atoms with Gasteiger partial charge in [0, 0.05) is 10.6 Å². The Morgan fingerprint density at radius 2 is 1.79 bits per heavy atom. The maximum Gasteiger partial charge on any atom is 0.165 e. The van der Waals surface area contributed by atoms with Gasteiger partial charge in [0.25, 0.3) is 0 Å². The largest absolute Gasteiger partial charge is 0.271 e. The molecule has 5 heteroatoms. The molecule has 0 fully saturated rings. The topological polar surface area (TPSA) is 38.0 Å². The van der Waals surface area contributed by atoms with E-state index < -0.39 is 17.7 Å². The molecule has 1 atom stereocenters. The Morgan fingerprint density at radius 1 is 1.21 bits per heavy atom. The van der Waals surface area contributed by atoms with E-state index in [1.807, 2.05) is 0 Å². The molecule has 0 spiro atoms. The van der Waals surface area contributed by atoms with Gasteiger partial charge in [0.1, 0.15) is 0 Å². The van der Waals surface area contributed by atoms with Crippen LogP contribution in [0.2, 0.25) is 5.02 Å². The van der Waals surface area contributed by atoms with E-state index in [1.54, 1.807) is 0 Å². The van der Waals surface area contributed by atoms with E-state index in [0.29, 0.717) is 0 Å². The average Bonchev–Trinajstić information content (AvgIpc) is 2.39. The van der Waals surface area contributed by atoms with Gasteiger partial charge >= 0.3 is 0 Å². The Kier molecular flexibility index (Phi) is 6.69.